The second-order valence-electron chi connectivity index (χ2n) is 6.94. The van der Waals surface area contributed by atoms with E-state index in [0.29, 0.717) is 28.6 Å². The van der Waals surface area contributed by atoms with Crippen molar-refractivity contribution in [1.29, 1.82) is 0 Å². The highest BCUT2D eigenvalue weighted by atomic mass is 35.5. The number of nitrogens with two attached hydrogens (primary N) is 2. The molecular formula is C18H18ClN7S. The average Bonchev–Trinajstić information content (AvgIpc) is 3.22. The number of rotatable bonds is 3. The maximum absolute atomic E-state index is 6.25. The first-order valence-electron chi connectivity index (χ1n) is 8.85. The Balaban J connectivity index is 1.45. The van der Waals surface area contributed by atoms with E-state index < -0.39 is 0 Å². The fraction of sp³-hybridized carbons (Fsp3) is 0.333. The highest BCUT2D eigenvalue weighted by Gasteiger charge is 2.45. The summed E-state index contributed by atoms with van der Waals surface area (Å²) in [5.41, 5.74) is 13.4. The first-order valence-corrected chi connectivity index (χ1v) is 10.0. The minimum Gasteiger partial charge on any atom is -0.382 e. The van der Waals surface area contributed by atoms with E-state index in [2.05, 4.69) is 19.9 Å². The molecule has 7 nitrogen and oxygen atoms in total. The molecule has 0 unspecified atom stereocenters. The van der Waals surface area contributed by atoms with Gasteiger partial charge in [0.2, 0.25) is 0 Å². The molecule has 0 saturated carbocycles. The largest absolute Gasteiger partial charge is 0.382 e. The monoisotopic (exact) mass is 399 g/mol. The van der Waals surface area contributed by atoms with Crippen LogP contribution in [-0.2, 0) is 0 Å². The number of hydrogen-bond acceptors (Lipinski definition) is 8. The Labute approximate surface area is 165 Å². The van der Waals surface area contributed by atoms with Crippen molar-refractivity contribution < 1.29 is 0 Å². The molecule has 2 saturated heterocycles. The van der Waals surface area contributed by atoms with Crippen molar-refractivity contribution in [3.8, 4) is 0 Å². The van der Waals surface area contributed by atoms with Gasteiger partial charge in [0.05, 0.1) is 11.2 Å². The summed E-state index contributed by atoms with van der Waals surface area (Å²) in [6.07, 6.45) is 6.79. The second kappa shape index (κ2) is 6.47. The molecule has 2 aliphatic heterocycles. The first-order chi connectivity index (χ1) is 13.1. The van der Waals surface area contributed by atoms with Gasteiger partial charge in [-0.15, -0.1) is 0 Å². The predicted octanol–water partition coefficient (Wildman–Crippen LogP) is 2.88. The number of halogens is 1. The highest BCUT2D eigenvalue weighted by Crippen LogP contribution is 2.40. The number of fused-ring (bicyclic) bond motifs is 3. The van der Waals surface area contributed by atoms with E-state index in [1.165, 1.54) is 18.2 Å². The van der Waals surface area contributed by atoms with Crippen LogP contribution in [0.25, 0.3) is 11.2 Å². The molecule has 5 rings (SSSR count). The van der Waals surface area contributed by atoms with E-state index in [1.54, 1.807) is 6.20 Å². The minimum atomic E-state index is 0.232. The standard InChI is InChI=1S/C18H18ClN7S/c19-16-13(5-6-22-17(16)21)27-15-4-2-11-18(25-15)23-8-14(24-11)26-9-1-3-12(26)10(20)7-9/h2,4-6,8-10,12H,1,3,7,20H2,(H2,21,22)/t9-,10+,12+/m1/s1. The van der Waals surface area contributed by atoms with E-state index >= 15 is 0 Å². The van der Waals surface area contributed by atoms with Crippen LogP contribution < -0.4 is 16.4 Å². The number of anilines is 2. The topological polar surface area (TPSA) is 107 Å². The van der Waals surface area contributed by atoms with Crippen molar-refractivity contribution in [2.24, 2.45) is 5.73 Å². The smallest absolute Gasteiger partial charge is 0.179 e. The molecule has 2 fully saturated rings. The van der Waals surface area contributed by atoms with Crippen LogP contribution in [0.2, 0.25) is 5.02 Å². The Morgan fingerprint density at radius 2 is 2.04 bits per heavy atom. The summed E-state index contributed by atoms with van der Waals surface area (Å²) in [5, 5.41) is 1.21. The van der Waals surface area contributed by atoms with Gasteiger partial charge >= 0.3 is 0 Å². The van der Waals surface area contributed by atoms with Crippen LogP contribution in [0.1, 0.15) is 19.3 Å². The third-order valence-corrected chi connectivity index (χ3v) is 6.82. The molecule has 0 aliphatic carbocycles. The third-order valence-electron chi connectivity index (χ3n) is 5.31. The van der Waals surface area contributed by atoms with Crippen molar-refractivity contribution in [2.75, 3.05) is 10.6 Å². The number of hydrogen-bond donors (Lipinski definition) is 2. The first kappa shape index (κ1) is 17.0. The van der Waals surface area contributed by atoms with Crippen molar-refractivity contribution in [2.45, 2.75) is 47.3 Å². The van der Waals surface area contributed by atoms with E-state index in [0.717, 1.165) is 34.1 Å². The van der Waals surface area contributed by atoms with Gasteiger partial charge in [0.1, 0.15) is 22.2 Å². The quantitative estimate of drug-likeness (QED) is 0.692. The zero-order valence-corrected chi connectivity index (χ0v) is 16.0. The SMILES string of the molecule is Nc1nccc(Sc2ccc3nc(N4[C@@H]5CC[C@H]4[C@@H](N)C5)cnc3n2)c1Cl. The lowest BCUT2D eigenvalue weighted by Gasteiger charge is -2.23. The van der Waals surface area contributed by atoms with Crippen LogP contribution >= 0.6 is 23.4 Å². The van der Waals surface area contributed by atoms with E-state index in [4.69, 9.17) is 28.1 Å². The Bertz CT molecular complexity index is 1030. The average molecular weight is 400 g/mol. The fourth-order valence-electron chi connectivity index (χ4n) is 4.08. The molecule has 0 amide bonds. The van der Waals surface area contributed by atoms with Crippen LogP contribution in [0.15, 0.2) is 40.5 Å². The van der Waals surface area contributed by atoms with Crippen molar-refractivity contribution in [3.05, 3.63) is 35.6 Å². The predicted molar refractivity (Wildman–Crippen MR) is 107 cm³/mol. The van der Waals surface area contributed by atoms with Crippen LogP contribution in [0, 0.1) is 0 Å². The molecule has 5 heterocycles. The summed E-state index contributed by atoms with van der Waals surface area (Å²) in [5.74, 6) is 1.21. The van der Waals surface area contributed by atoms with Gasteiger partial charge in [-0.3, -0.25) is 0 Å². The number of pyridine rings is 2. The molecule has 4 N–H and O–H groups in total. The highest BCUT2D eigenvalue weighted by molar-refractivity contribution is 7.99. The Morgan fingerprint density at radius 1 is 1.15 bits per heavy atom. The molecule has 0 spiro atoms. The Hall–Kier alpha value is -2.16. The summed E-state index contributed by atoms with van der Waals surface area (Å²) in [4.78, 5) is 21.1. The molecule has 27 heavy (non-hydrogen) atoms. The molecular weight excluding hydrogens is 382 g/mol. The molecule has 0 aromatic carbocycles. The molecule has 138 valence electrons. The van der Waals surface area contributed by atoms with Crippen LogP contribution in [0.3, 0.4) is 0 Å². The lowest BCUT2D eigenvalue weighted by atomic mass is 9.97. The van der Waals surface area contributed by atoms with Crippen molar-refractivity contribution in [1.82, 2.24) is 19.9 Å². The maximum atomic E-state index is 6.25. The van der Waals surface area contributed by atoms with Crippen LogP contribution in [0.5, 0.6) is 0 Å². The van der Waals surface area contributed by atoms with Crippen molar-refractivity contribution >= 4 is 46.2 Å². The van der Waals surface area contributed by atoms with Crippen LogP contribution in [0.4, 0.5) is 11.6 Å². The van der Waals surface area contributed by atoms with Gasteiger partial charge < -0.3 is 16.4 Å². The molecule has 3 aromatic rings. The minimum absolute atomic E-state index is 0.232. The number of nitrogens with zero attached hydrogens (tertiary/aromatic N) is 5. The zero-order chi connectivity index (χ0) is 18.5. The second-order valence-corrected chi connectivity index (χ2v) is 8.38. The molecule has 3 aromatic heterocycles. The van der Waals surface area contributed by atoms with Gasteiger partial charge in [0.15, 0.2) is 5.65 Å². The van der Waals surface area contributed by atoms with Gasteiger partial charge in [-0.25, -0.2) is 19.9 Å². The fourth-order valence-corrected chi connectivity index (χ4v) is 5.13. The van der Waals surface area contributed by atoms with E-state index in [-0.39, 0.29) is 6.04 Å². The lowest BCUT2D eigenvalue weighted by Crippen LogP contribution is -2.37. The Kier molecular flexibility index (Phi) is 4.07. The Morgan fingerprint density at radius 3 is 2.81 bits per heavy atom. The summed E-state index contributed by atoms with van der Waals surface area (Å²) in [6.45, 7) is 0. The van der Waals surface area contributed by atoms with Gasteiger partial charge in [-0.1, -0.05) is 23.4 Å². The summed E-state index contributed by atoms with van der Waals surface area (Å²) in [7, 11) is 0. The van der Waals surface area contributed by atoms with Gasteiger partial charge in [-0.05, 0) is 37.5 Å². The normalized spacial score (nSPS) is 24.1. The zero-order valence-electron chi connectivity index (χ0n) is 14.4. The third kappa shape index (κ3) is 2.88. The van der Waals surface area contributed by atoms with Gasteiger partial charge in [-0.2, -0.15) is 0 Å². The number of aromatic nitrogens is 4. The van der Waals surface area contributed by atoms with Crippen LogP contribution in [-0.4, -0.2) is 38.1 Å². The summed E-state index contributed by atoms with van der Waals surface area (Å²) in [6, 6.07) is 6.77. The van der Waals surface area contributed by atoms with E-state index in [9.17, 15) is 0 Å². The maximum Gasteiger partial charge on any atom is 0.179 e. The summed E-state index contributed by atoms with van der Waals surface area (Å²) >= 11 is 7.65. The molecule has 3 atom stereocenters. The molecule has 2 aliphatic rings. The number of nitrogen functional groups attached to an aromatic ring is 1. The van der Waals surface area contributed by atoms with Gasteiger partial charge in [0.25, 0.3) is 0 Å². The molecule has 9 heteroatoms. The van der Waals surface area contributed by atoms with E-state index in [1.807, 2.05) is 24.4 Å². The van der Waals surface area contributed by atoms with Gasteiger partial charge in [0, 0.05) is 29.2 Å². The summed E-state index contributed by atoms with van der Waals surface area (Å²) < 4.78 is 0. The molecule has 0 radical (unpaired) electrons. The lowest BCUT2D eigenvalue weighted by molar-refractivity contribution is 0.503. The molecule has 2 bridgehead atoms. The van der Waals surface area contributed by atoms with Crippen molar-refractivity contribution in [3.63, 3.8) is 0 Å².